The minimum Gasteiger partial charge on any atom is -0.343 e. The van der Waals surface area contributed by atoms with Crippen LogP contribution in [0.5, 0.6) is 0 Å². The van der Waals surface area contributed by atoms with Gasteiger partial charge in [-0.05, 0) is 0 Å². The Morgan fingerprint density at radius 2 is 2.18 bits per heavy atom. The molecule has 1 amide bonds. The molecule has 0 unspecified atom stereocenters. The molecule has 0 bridgehead atoms. The Balaban J connectivity index is 0. The van der Waals surface area contributed by atoms with Crippen molar-refractivity contribution in [1.29, 1.82) is 0 Å². The lowest BCUT2D eigenvalue weighted by Gasteiger charge is -2.14. The fourth-order valence-corrected chi connectivity index (χ4v) is 0.584. The van der Waals surface area contributed by atoms with E-state index in [1.54, 1.807) is 11.9 Å². The second-order valence-corrected chi connectivity index (χ2v) is 2.04. The number of halogens is 1. The predicted molar refractivity (Wildman–Crippen MR) is 45.3 cm³/mol. The Labute approximate surface area is 73.0 Å². The summed E-state index contributed by atoms with van der Waals surface area (Å²) in [5.41, 5.74) is 0. The number of nitrogens with two attached hydrogens (primary N) is 1. The third-order valence-corrected chi connectivity index (χ3v) is 1.27. The number of hydrogen-bond donors (Lipinski definition) is 1. The zero-order chi connectivity index (χ0) is 7.98. The Morgan fingerprint density at radius 1 is 1.64 bits per heavy atom. The molecule has 2 N–H and O–H groups in total. The maximum absolute atomic E-state index is 10.8. The van der Waals surface area contributed by atoms with E-state index in [0.717, 1.165) is 0 Å². The summed E-state index contributed by atoms with van der Waals surface area (Å²) in [5.74, 6) is 4.89. The van der Waals surface area contributed by atoms with Crippen LogP contribution in [0.1, 0.15) is 13.3 Å². The summed E-state index contributed by atoms with van der Waals surface area (Å²) in [6.07, 6.45) is 0.529. The van der Waals surface area contributed by atoms with Crippen molar-refractivity contribution in [2.75, 3.05) is 20.2 Å². The van der Waals surface area contributed by atoms with E-state index in [9.17, 15) is 4.79 Å². The number of carbonyl (C=O) groups excluding carboxylic acids is 1. The van der Waals surface area contributed by atoms with Gasteiger partial charge in [-0.15, -0.1) is 12.4 Å². The summed E-state index contributed by atoms with van der Waals surface area (Å²) in [4.78, 5) is 16.8. The number of nitrogens with zero attached hydrogens (tertiary/aromatic N) is 1. The topological polar surface area (TPSA) is 55.6 Å². The van der Waals surface area contributed by atoms with Crippen LogP contribution in [0.3, 0.4) is 0 Å². The van der Waals surface area contributed by atoms with Crippen molar-refractivity contribution in [2.45, 2.75) is 13.3 Å². The van der Waals surface area contributed by atoms with E-state index in [1.165, 1.54) is 0 Å². The quantitative estimate of drug-likeness (QED) is 0.631. The fraction of sp³-hybridized carbons (Fsp3) is 0.833. The molecule has 0 radical (unpaired) electrons. The van der Waals surface area contributed by atoms with Crippen LogP contribution in [0.4, 0.5) is 0 Å². The van der Waals surface area contributed by atoms with Gasteiger partial charge in [-0.3, -0.25) is 4.79 Å². The summed E-state index contributed by atoms with van der Waals surface area (Å²) in [7, 11) is 1.73. The van der Waals surface area contributed by atoms with E-state index in [2.05, 4.69) is 4.84 Å². The van der Waals surface area contributed by atoms with E-state index in [4.69, 9.17) is 5.90 Å². The number of amides is 1. The summed E-state index contributed by atoms with van der Waals surface area (Å²) in [5, 5.41) is 0. The summed E-state index contributed by atoms with van der Waals surface area (Å²) < 4.78 is 0. The van der Waals surface area contributed by atoms with Gasteiger partial charge >= 0.3 is 0 Å². The van der Waals surface area contributed by atoms with Gasteiger partial charge in [0.1, 0.15) is 0 Å². The first kappa shape index (κ1) is 13.3. The lowest BCUT2D eigenvalue weighted by Crippen LogP contribution is -2.29. The smallest absolute Gasteiger partial charge is 0.222 e. The maximum Gasteiger partial charge on any atom is 0.222 e. The number of rotatable bonds is 4. The molecule has 0 atom stereocenters. The molecule has 5 heteroatoms. The van der Waals surface area contributed by atoms with Crippen LogP contribution in [0.25, 0.3) is 0 Å². The molecule has 0 spiro atoms. The third kappa shape index (κ3) is 6.09. The van der Waals surface area contributed by atoms with Crippen LogP contribution in [0.2, 0.25) is 0 Å². The van der Waals surface area contributed by atoms with Crippen molar-refractivity contribution in [3.8, 4) is 0 Å². The molecule has 4 nitrogen and oxygen atoms in total. The molecule has 11 heavy (non-hydrogen) atoms. The van der Waals surface area contributed by atoms with E-state index < -0.39 is 0 Å². The summed E-state index contributed by atoms with van der Waals surface area (Å²) >= 11 is 0. The Bertz CT molecular complexity index is 111. The lowest BCUT2D eigenvalue weighted by molar-refractivity contribution is -0.130. The molecular weight excluding hydrogens is 168 g/mol. The second kappa shape index (κ2) is 7.78. The maximum atomic E-state index is 10.8. The third-order valence-electron chi connectivity index (χ3n) is 1.27. The molecule has 68 valence electrons. The highest BCUT2D eigenvalue weighted by Gasteiger charge is 2.03. The van der Waals surface area contributed by atoms with Gasteiger partial charge in [-0.1, -0.05) is 6.92 Å². The van der Waals surface area contributed by atoms with E-state index >= 15 is 0 Å². The largest absolute Gasteiger partial charge is 0.343 e. The minimum absolute atomic E-state index is 0. The highest BCUT2D eigenvalue weighted by atomic mass is 35.5. The number of hydrogen-bond acceptors (Lipinski definition) is 3. The molecule has 0 rings (SSSR count). The second-order valence-electron chi connectivity index (χ2n) is 2.04. The normalized spacial score (nSPS) is 8.64. The first-order chi connectivity index (χ1) is 4.72. The van der Waals surface area contributed by atoms with Crippen molar-refractivity contribution in [2.24, 2.45) is 5.90 Å². The van der Waals surface area contributed by atoms with Gasteiger partial charge in [0.15, 0.2) is 0 Å². The molecule has 0 aliphatic heterocycles. The van der Waals surface area contributed by atoms with Gasteiger partial charge in [0, 0.05) is 20.0 Å². The van der Waals surface area contributed by atoms with Gasteiger partial charge in [0.25, 0.3) is 0 Å². The number of carbonyl (C=O) groups is 1. The monoisotopic (exact) mass is 182 g/mol. The minimum atomic E-state index is 0. The molecule has 0 aliphatic carbocycles. The fourth-order valence-electron chi connectivity index (χ4n) is 0.584. The zero-order valence-corrected chi connectivity index (χ0v) is 7.69. The molecule has 0 heterocycles. The Morgan fingerprint density at radius 3 is 2.55 bits per heavy atom. The van der Waals surface area contributed by atoms with E-state index in [1.807, 2.05) is 6.92 Å². The molecule has 0 aromatic rings. The zero-order valence-electron chi connectivity index (χ0n) is 6.87. The first-order valence-electron chi connectivity index (χ1n) is 3.28. The van der Waals surface area contributed by atoms with Crippen LogP contribution < -0.4 is 5.90 Å². The van der Waals surface area contributed by atoms with Crippen LogP contribution >= 0.6 is 12.4 Å². The summed E-state index contributed by atoms with van der Waals surface area (Å²) in [6.45, 7) is 2.77. The Hall–Kier alpha value is -0.320. The van der Waals surface area contributed by atoms with Gasteiger partial charge < -0.3 is 9.74 Å². The van der Waals surface area contributed by atoms with Gasteiger partial charge in [0.2, 0.25) is 5.91 Å². The standard InChI is InChI=1S/C6H14N2O2.ClH/c1-3-6(9)8(2)4-5-10-7;/h3-5,7H2,1-2H3;1H. The molecule has 0 fully saturated rings. The summed E-state index contributed by atoms with van der Waals surface area (Å²) in [6, 6.07) is 0. The van der Waals surface area contributed by atoms with Crippen molar-refractivity contribution in [3.05, 3.63) is 0 Å². The van der Waals surface area contributed by atoms with Crippen molar-refractivity contribution >= 4 is 18.3 Å². The van der Waals surface area contributed by atoms with Crippen LogP contribution in [-0.2, 0) is 9.63 Å². The lowest BCUT2D eigenvalue weighted by atomic mass is 10.4. The van der Waals surface area contributed by atoms with E-state index in [0.29, 0.717) is 19.6 Å². The number of likely N-dealkylation sites (N-methyl/N-ethyl adjacent to an activating group) is 1. The van der Waals surface area contributed by atoms with Crippen molar-refractivity contribution < 1.29 is 9.63 Å². The van der Waals surface area contributed by atoms with Gasteiger partial charge in [0.05, 0.1) is 6.61 Å². The highest BCUT2D eigenvalue weighted by molar-refractivity contribution is 5.85. The molecule has 0 saturated heterocycles. The molecule has 0 aliphatic rings. The first-order valence-corrected chi connectivity index (χ1v) is 3.28. The average Bonchev–Trinajstić information content (AvgIpc) is 1.98. The van der Waals surface area contributed by atoms with Crippen LogP contribution in [-0.4, -0.2) is 31.0 Å². The Kier molecular flexibility index (Phi) is 9.40. The highest BCUT2D eigenvalue weighted by Crippen LogP contribution is 1.87. The average molecular weight is 183 g/mol. The molecule has 0 aromatic carbocycles. The molecular formula is C6H15ClN2O2. The van der Waals surface area contributed by atoms with Crippen LogP contribution in [0.15, 0.2) is 0 Å². The van der Waals surface area contributed by atoms with Crippen LogP contribution in [0, 0.1) is 0 Å². The van der Waals surface area contributed by atoms with Gasteiger partial charge in [-0.25, -0.2) is 5.90 Å². The molecule has 0 aromatic heterocycles. The SMILES string of the molecule is CCC(=O)N(C)CCON.Cl. The predicted octanol–water partition coefficient (Wildman–Crippen LogP) is 0.167. The van der Waals surface area contributed by atoms with Crippen molar-refractivity contribution in [1.82, 2.24) is 4.90 Å². The van der Waals surface area contributed by atoms with Crippen molar-refractivity contribution in [3.63, 3.8) is 0 Å². The van der Waals surface area contributed by atoms with E-state index in [-0.39, 0.29) is 18.3 Å². The van der Waals surface area contributed by atoms with Gasteiger partial charge in [-0.2, -0.15) is 0 Å². The molecule has 0 saturated carbocycles.